The van der Waals surface area contributed by atoms with Gasteiger partial charge in [0.1, 0.15) is 6.54 Å². The number of benzene rings is 1. The first kappa shape index (κ1) is 19.4. The Morgan fingerprint density at radius 3 is 2.44 bits per heavy atom. The smallest absolute Gasteiger partial charge is 0.326 e. The number of rotatable bonds is 5. The maximum atomic E-state index is 12.4. The number of carbonyl (C=O) groups excluding carboxylic acids is 4. The number of nitrogens with zero attached hydrogens (tertiary/aromatic N) is 1. The Labute approximate surface area is 162 Å². The third kappa shape index (κ3) is 4.30. The van der Waals surface area contributed by atoms with Gasteiger partial charge in [0.2, 0.25) is 11.8 Å². The van der Waals surface area contributed by atoms with Crippen molar-refractivity contribution in [2.75, 3.05) is 11.9 Å². The van der Waals surface area contributed by atoms with Crippen LogP contribution in [-0.4, -0.2) is 41.2 Å². The molecular formula is C19H21ClN2O5. The molecule has 1 aromatic carbocycles. The number of ether oxygens (including phenoxy) is 1. The summed E-state index contributed by atoms with van der Waals surface area (Å²) >= 11 is 5.86. The van der Waals surface area contributed by atoms with Crippen molar-refractivity contribution in [2.45, 2.75) is 38.7 Å². The van der Waals surface area contributed by atoms with E-state index in [1.54, 1.807) is 24.3 Å². The maximum Gasteiger partial charge on any atom is 0.326 e. The second-order valence-corrected chi connectivity index (χ2v) is 7.33. The number of hydrogen-bond donors (Lipinski definition) is 1. The average molecular weight is 393 g/mol. The number of carbonyl (C=O) groups is 4. The summed E-state index contributed by atoms with van der Waals surface area (Å²) in [5, 5.41) is 3.05. The van der Waals surface area contributed by atoms with Gasteiger partial charge in [-0.25, -0.2) is 0 Å². The Morgan fingerprint density at radius 1 is 1.22 bits per heavy atom. The van der Waals surface area contributed by atoms with Crippen LogP contribution in [0, 0.1) is 11.8 Å². The van der Waals surface area contributed by atoms with Gasteiger partial charge in [-0.15, -0.1) is 0 Å². The quantitative estimate of drug-likeness (QED) is 0.613. The van der Waals surface area contributed by atoms with Gasteiger partial charge < -0.3 is 10.1 Å². The van der Waals surface area contributed by atoms with Gasteiger partial charge in [-0.05, 0) is 38.0 Å². The van der Waals surface area contributed by atoms with Crippen molar-refractivity contribution in [3.8, 4) is 0 Å². The molecule has 2 fully saturated rings. The lowest BCUT2D eigenvalue weighted by atomic mass is 9.81. The van der Waals surface area contributed by atoms with Crippen molar-refractivity contribution < 1.29 is 23.9 Å². The molecule has 3 amide bonds. The van der Waals surface area contributed by atoms with E-state index in [1.165, 1.54) is 6.92 Å². The molecule has 3 atom stereocenters. The molecule has 0 radical (unpaired) electrons. The lowest BCUT2D eigenvalue weighted by molar-refractivity contribution is -0.158. The first-order chi connectivity index (χ1) is 12.9. The summed E-state index contributed by atoms with van der Waals surface area (Å²) in [7, 11) is 0. The maximum absolute atomic E-state index is 12.4. The van der Waals surface area contributed by atoms with E-state index in [0.29, 0.717) is 23.6 Å². The number of likely N-dealkylation sites (tertiary alicyclic amines) is 1. The Bertz CT molecular complexity index is 757. The van der Waals surface area contributed by atoms with Crippen LogP contribution < -0.4 is 5.32 Å². The molecule has 1 saturated heterocycles. The van der Waals surface area contributed by atoms with E-state index in [-0.39, 0.29) is 23.7 Å². The van der Waals surface area contributed by atoms with Gasteiger partial charge in [0.25, 0.3) is 5.91 Å². The SMILES string of the molecule is C[C@H](OC(=O)CN1C(=O)[C@H]2CCCC[C@H]2C1=O)C(=O)Nc1cccc(Cl)c1. The standard InChI is InChI=1S/C19H21ClN2O5/c1-11(17(24)21-13-6-4-5-12(20)9-13)27-16(23)10-22-18(25)14-7-2-3-8-15(14)19(22)26/h4-6,9,11,14-15H,2-3,7-8,10H2,1H3,(H,21,24)/t11-,14-,15+/m0/s1. The molecule has 1 aliphatic heterocycles. The van der Waals surface area contributed by atoms with E-state index >= 15 is 0 Å². The normalized spacial score (nSPS) is 23.0. The number of imide groups is 1. The number of halogens is 1. The fourth-order valence-corrected chi connectivity index (χ4v) is 3.80. The van der Waals surface area contributed by atoms with Gasteiger partial charge in [0.15, 0.2) is 6.10 Å². The predicted octanol–water partition coefficient (Wildman–Crippen LogP) is 2.39. The Hall–Kier alpha value is -2.41. The third-order valence-electron chi connectivity index (χ3n) is 4.99. The van der Waals surface area contributed by atoms with E-state index in [1.807, 2.05) is 0 Å². The molecule has 2 aliphatic rings. The van der Waals surface area contributed by atoms with Crippen LogP contribution in [0.3, 0.4) is 0 Å². The van der Waals surface area contributed by atoms with E-state index in [0.717, 1.165) is 17.7 Å². The highest BCUT2D eigenvalue weighted by atomic mass is 35.5. The summed E-state index contributed by atoms with van der Waals surface area (Å²) in [6, 6.07) is 6.57. The van der Waals surface area contributed by atoms with E-state index in [9.17, 15) is 19.2 Å². The Morgan fingerprint density at radius 2 is 1.85 bits per heavy atom. The summed E-state index contributed by atoms with van der Waals surface area (Å²) in [4.78, 5) is 50.0. The molecule has 3 rings (SSSR count). The number of esters is 1. The van der Waals surface area contributed by atoms with Crippen LogP contribution in [0.2, 0.25) is 5.02 Å². The molecule has 8 heteroatoms. The summed E-state index contributed by atoms with van der Waals surface area (Å²) in [6.07, 6.45) is 2.11. The van der Waals surface area contributed by atoms with E-state index in [4.69, 9.17) is 16.3 Å². The monoisotopic (exact) mass is 392 g/mol. The molecule has 0 aromatic heterocycles. The molecule has 0 bridgehead atoms. The number of fused-ring (bicyclic) bond motifs is 1. The van der Waals surface area contributed by atoms with E-state index < -0.39 is 24.5 Å². The Kier molecular flexibility index (Phi) is 5.79. The zero-order valence-electron chi connectivity index (χ0n) is 14.9. The summed E-state index contributed by atoms with van der Waals surface area (Å²) in [5.74, 6) is -2.57. The minimum absolute atomic E-state index is 0.308. The van der Waals surface area contributed by atoms with Crippen LogP contribution in [0.25, 0.3) is 0 Å². The van der Waals surface area contributed by atoms with Crippen LogP contribution in [0.4, 0.5) is 5.69 Å². The zero-order valence-corrected chi connectivity index (χ0v) is 15.7. The molecule has 0 unspecified atom stereocenters. The van der Waals surface area contributed by atoms with Crippen LogP contribution in [0.5, 0.6) is 0 Å². The molecule has 27 heavy (non-hydrogen) atoms. The van der Waals surface area contributed by atoms with Gasteiger partial charge in [0.05, 0.1) is 11.8 Å². The van der Waals surface area contributed by atoms with Gasteiger partial charge in [-0.3, -0.25) is 24.1 Å². The van der Waals surface area contributed by atoms with Crippen molar-refractivity contribution in [1.82, 2.24) is 4.90 Å². The zero-order chi connectivity index (χ0) is 19.6. The summed E-state index contributed by atoms with van der Waals surface area (Å²) in [5.41, 5.74) is 0.476. The highest BCUT2D eigenvalue weighted by Crippen LogP contribution is 2.37. The van der Waals surface area contributed by atoms with Gasteiger partial charge in [-0.2, -0.15) is 0 Å². The predicted molar refractivity (Wildman–Crippen MR) is 97.8 cm³/mol. The Balaban J connectivity index is 1.54. The summed E-state index contributed by atoms with van der Waals surface area (Å²) in [6.45, 7) is 0.963. The molecule has 1 aliphatic carbocycles. The van der Waals surface area contributed by atoms with Crippen molar-refractivity contribution in [3.05, 3.63) is 29.3 Å². The highest BCUT2D eigenvalue weighted by Gasteiger charge is 2.48. The van der Waals surface area contributed by atoms with Crippen molar-refractivity contribution >= 4 is 41.0 Å². The number of nitrogens with one attached hydrogen (secondary N) is 1. The highest BCUT2D eigenvalue weighted by molar-refractivity contribution is 6.30. The van der Waals surface area contributed by atoms with Gasteiger partial charge in [0, 0.05) is 10.7 Å². The van der Waals surface area contributed by atoms with Gasteiger partial charge >= 0.3 is 5.97 Å². The fourth-order valence-electron chi connectivity index (χ4n) is 3.61. The molecule has 1 aromatic rings. The lowest BCUT2D eigenvalue weighted by Gasteiger charge is -2.19. The molecule has 1 N–H and O–H groups in total. The topological polar surface area (TPSA) is 92.8 Å². The first-order valence-electron chi connectivity index (χ1n) is 8.98. The van der Waals surface area contributed by atoms with E-state index in [2.05, 4.69) is 5.32 Å². The van der Waals surface area contributed by atoms with Crippen molar-refractivity contribution in [1.29, 1.82) is 0 Å². The largest absolute Gasteiger partial charge is 0.451 e. The van der Waals surface area contributed by atoms with Crippen LogP contribution in [-0.2, 0) is 23.9 Å². The minimum Gasteiger partial charge on any atom is -0.451 e. The van der Waals surface area contributed by atoms with Crippen molar-refractivity contribution in [2.24, 2.45) is 11.8 Å². The molecule has 0 spiro atoms. The van der Waals surface area contributed by atoms with Crippen molar-refractivity contribution in [3.63, 3.8) is 0 Å². The van der Waals surface area contributed by atoms with Crippen LogP contribution in [0.15, 0.2) is 24.3 Å². The first-order valence-corrected chi connectivity index (χ1v) is 9.35. The molecule has 144 valence electrons. The lowest BCUT2D eigenvalue weighted by Crippen LogP contribution is -2.39. The average Bonchev–Trinajstić information content (AvgIpc) is 2.87. The molecule has 7 nitrogen and oxygen atoms in total. The molecule has 1 saturated carbocycles. The van der Waals surface area contributed by atoms with Gasteiger partial charge in [-0.1, -0.05) is 30.5 Å². The number of hydrogen-bond acceptors (Lipinski definition) is 5. The fraction of sp³-hybridized carbons (Fsp3) is 0.474. The molecule has 1 heterocycles. The number of anilines is 1. The number of amides is 3. The third-order valence-corrected chi connectivity index (χ3v) is 5.22. The van der Waals surface area contributed by atoms with Crippen LogP contribution >= 0.6 is 11.6 Å². The minimum atomic E-state index is -1.08. The second kappa shape index (κ2) is 8.08. The summed E-state index contributed by atoms with van der Waals surface area (Å²) < 4.78 is 5.10. The second-order valence-electron chi connectivity index (χ2n) is 6.89. The van der Waals surface area contributed by atoms with Crippen LogP contribution in [0.1, 0.15) is 32.6 Å². The molecular weight excluding hydrogens is 372 g/mol.